The van der Waals surface area contributed by atoms with Gasteiger partial charge in [-0.05, 0) is 49.2 Å². The molecule has 1 aromatic heterocycles. The van der Waals surface area contributed by atoms with E-state index >= 15 is 0 Å². The topological polar surface area (TPSA) is 102 Å². The molecule has 2 heterocycles. The average molecular weight is 456 g/mol. The second-order valence-electron chi connectivity index (χ2n) is 7.92. The summed E-state index contributed by atoms with van der Waals surface area (Å²) < 4.78 is 5.40. The Labute approximate surface area is 192 Å². The molecular formula is C24H16N4O4S. The minimum atomic E-state index is -0.463. The fourth-order valence-corrected chi connectivity index (χ4v) is 5.04. The molecule has 0 saturated heterocycles. The summed E-state index contributed by atoms with van der Waals surface area (Å²) in [5, 5.41) is 15.2. The van der Waals surface area contributed by atoms with Gasteiger partial charge < -0.3 is 9.42 Å². The number of hydrogen-bond donors (Lipinski definition) is 0. The predicted molar refractivity (Wildman–Crippen MR) is 122 cm³/mol. The van der Waals surface area contributed by atoms with Crippen LogP contribution in [0.4, 0.5) is 11.4 Å². The predicted octanol–water partition coefficient (Wildman–Crippen LogP) is 5.59. The number of anilines is 1. The summed E-state index contributed by atoms with van der Waals surface area (Å²) in [6.45, 7) is 0. The van der Waals surface area contributed by atoms with Gasteiger partial charge in [-0.1, -0.05) is 35.1 Å². The minimum Gasteiger partial charge on any atom is -0.334 e. The zero-order valence-electron chi connectivity index (χ0n) is 17.2. The summed E-state index contributed by atoms with van der Waals surface area (Å²) in [6, 6.07) is 19.7. The van der Waals surface area contributed by atoms with Crippen LogP contribution in [0.3, 0.4) is 0 Å². The van der Waals surface area contributed by atoms with E-state index in [1.54, 1.807) is 23.9 Å². The van der Waals surface area contributed by atoms with Crippen molar-refractivity contribution in [1.29, 1.82) is 0 Å². The Bertz CT molecular complexity index is 1430. The van der Waals surface area contributed by atoms with Gasteiger partial charge in [0.1, 0.15) is 0 Å². The lowest BCUT2D eigenvalue weighted by atomic mass is 10.1. The number of rotatable bonds is 4. The van der Waals surface area contributed by atoms with Crippen molar-refractivity contribution in [3.05, 3.63) is 82.4 Å². The maximum Gasteiger partial charge on any atom is 0.270 e. The van der Waals surface area contributed by atoms with Gasteiger partial charge in [0.05, 0.1) is 16.2 Å². The molecule has 0 bridgehead atoms. The van der Waals surface area contributed by atoms with Crippen molar-refractivity contribution in [1.82, 2.24) is 10.1 Å². The normalized spacial score (nSPS) is 15.0. The molecule has 0 N–H and O–H groups in total. The summed E-state index contributed by atoms with van der Waals surface area (Å²) in [6.07, 6.45) is 1.99. The van der Waals surface area contributed by atoms with E-state index in [0.717, 1.165) is 33.9 Å². The molecule has 0 radical (unpaired) electrons. The summed E-state index contributed by atoms with van der Waals surface area (Å²) in [5.74, 6) is 0.609. The molecular weight excluding hydrogens is 440 g/mol. The van der Waals surface area contributed by atoms with Crippen LogP contribution in [-0.2, 0) is 0 Å². The maximum atomic E-state index is 13.3. The first-order valence-electron chi connectivity index (χ1n) is 10.4. The second-order valence-corrected chi connectivity index (χ2v) is 9.00. The first kappa shape index (κ1) is 19.7. The number of carbonyl (C=O) groups excluding carboxylic acids is 1. The highest BCUT2D eigenvalue weighted by atomic mass is 32.2. The molecule has 4 aromatic rings. The number of hydrogen-bond acceptors (Lipinski definition) is 7. The molecule has 2 aliphatic rings. The largest absolute Gasteiger partial charge is 0.334 e. The van der Waals surface area contributed by atoms with Gasteiger partial charge in [0.25, 0.3) is 17.5 Å². The van der Waals surface area contributed by atoms with Crippen LogP contribution in [0.1, 0.15) is 23.2 Å². The number of amides is 1. The van der Waals surface area contributed by atoms with Crippen molar-refractivity contribution in [2.75, 3.05) is 4.90 Å². The van der Waals surface area contributed by atoms with E-state index in [1.807, 2.05) is 47.4 Å². The average Bonchev–Trinajstić information content (AvgIpc) is 3.56. The number of carbonyl (C=O) groups is 1. The molecule has 33 heavy (non-hydrogen) atoms. The van der Waals surface area contributed by atoms with Gasteiger partial charge >= 0.3 is 0 Å². The van der Waals surface area contributed by atoms with E-state index in [0.29, 0.717) is 17.0 Å². The summed E-state index contributed by atoms with van der Waals surface area (Å²) >= 11 is 1.55. The van der Waals surface area contributed by atoms with Crippen LogP contribution in [0, 0.1) is 10.1 Å². The first-order valence-corrected chi connectivity index (χ1v) is 11.2. The lowest BCUT2D eigenvalue weighted by Gasteiger charge is -2.22. The van der Waals surface area contributed by atoms with Crippen LogP contribution in [0.2, 0.25) is 0 Å². The fraction of sp³-hybridized carbons (Fsp3) is 0.125. The Kier molecular flexibility index (Phi) is 4.51. The number of nitro groups is 1. The van der Waals surface area contributed by atoms with Crippen LogP contribution in [-0.4, -0.2) is 27.0 Å². The molecule has 1 fully saturated rings. The van der Waals surface area contributed by atoms with Crippen LogP contribution < -0.4 is 4.90 Å². The lowest BCUT2D eigenvalue weighted by Crippen LogP contribution is -2.32. The standard InChI is InChI=1S/C24H16N4O4S/c29-24-18-6-1-2-7-20(18)33-21-13-14(8-11-19(21)27(24)16-9-10-16)22-25-23(32-26-22)15-4-3-5-17(12-15)28(30)31/h1-8,11-13,16H,9-10H2. The molecule has 1 aliphatic carbocycles. The highest BCUT2D eigenvalue weighted by molar-refractivity contribution is 7.99. The molecule has 162 valence electrons. The molecule has 9 heteroatoms. The number of aromatic nitrogens is 2. The van der Waals surface area contributed by atoms with E-state index in [1.165, 1.54) is 12.1 Å². The van der Waals surface area contributed by atoms with Crippen molar-refractivity contribution in [2.24, 2.45) is 0 Å². The summed E-state index contributed by atoms with van der Waals surface area (Å²) in [5.41, 5.74) is 2.77. The second kappa shape index (κ2) is 7.56. The number of fused-ring (bicyclic) bond motifs is 2. The van der Waals surface area contributed by atoms with Gasteiger partial charge in [0.15, 0.2) is 0 Å². The van der Waals surface area contributed by atoms with E-state index < -0.39 is 4.92 Å². The molecule has 0 unspecified atom stereocenters. The SMILES string of the molecule is O=C1c2ccccc2Sc2cc(-c3noc(-c4cccc([N+](=O)[O-])c4)n3)ccc2N1C1CC1. The molecule has 3 aromatic carbocycles. The quantitative estimate of drug-likeness (QED) is 0.291. The monoisotopic (exact) mass is 456 g/mol. The zero-order valence-corrected chi connectivity index (χ0v) is 18.0. The number of non-ortho nitro benzene ring substituents is 1. The Balaban J connectivity index is 1.40. The molecule has 1 aliphatic heterocycles. The van der Waals surface area contributed by atoms with Crippen molar-refractivity contribution in [2.45, 2.75) is 28.7 Å². The molecule has 0 spiro atoms. The van der Waals surface area contributed by atoms with E-state index in [-0.39, 0.29) is 23.5 Å². The Morgan fingerprint density at radius 2 is 1.85 bits per heavy atom. The maximum absolute atomic E-state index is 13.3. The van der Waals surface area contributed by atoms with Crippen LogP contribution in [0.25, 0.3) is 22.8 Å². The Hall–Kier alpha value is -3.98. The van der Waals surface area contributed by atoms with Gasteiger partial charge in [-0.15, -0.1) is 0 Å². The number of nitrogens with zero attached hydrogens (tertiary/aromatic N) is 4. The smallest absolute Gasteiger partial charge is 0.270 e. The van der Waals surface area contributed by atoms with Crippen LogP contribution in [0.5, 0.6) is 0 Å². The third-order valence-electron chi connectivity index (χ3n) is 5.68. The van der Waals surface area contributed by atoms with Crippen molar-refractivity contribution in [3.8, 4) is 22.8 Å². The molecule has 1 saturated carbocycles. The van der Waals surface area contributed by atoms with E-state index in [9.17, 15) is 14.9 Å². The van der Waals surface area contributed by atoms with Gasteiger partial charge in [0.2, 0.25) is 5.82 Å². The number of nitro benzene ring substituents is 1. The Morgan fingerprint density at radius 3 is 2.67 bits per heavy atom. The number of benzene rings is 3. The van der Waals surface area contributed by atoms with Crippen molar-refractivity contribution >= 4 is 29.0 Å². The summed E-state index contributed by atoms with van der Waals surface area (Å²) in [7, 11) is 0. The van der Waals surface area contributed by atoms with Crippen LogP contribution >= 0.6 is 11.8 Å². The van der Waals surface area contributed by atoms with Crippen molar-refractivity contribution < 1.29 is 14.2 Å². The summed E-state index contributed by atoms with van der Waals surface area (Å²) in [4.78, 5) is 32.1. The fourth-order valence-electron chi connectivity index (χ4n) is 3.93. The Morgan fingerprint density at radius 1 is 1.00 bits per heavy atom. The van der Waals surface area contributed by atoms with Crippen LogP contribution in [0.15, 0.2) is 81.0 Å². The zero-order chi connectivity index (χ0) is 22.5. The van der Waals surface area contributed by atoms with Gasteiger partial charge in [0, 0.05) is 39.1 Å². The van der Waals surface area contributed by atoms with Crippen molar-refractivity contribution in [3.63, 3.8) is 0 Å². The lowest BCUT2D eigenvalue weighted by molar-refractivity contribution is -0.384. The minimum absolute atomic E-state index is 0.0274. The van der Waals surface area contributed by atoms with Gasteiger partial charge in [-0.3, -0.25) is 14.9 Å². The molecule has 6 rings (SSSR count). The highest BCUT2D eigenvalue weighted by Gasteiger charge is 2.38. The first-order chi connectivity index (χ1) is 16.1. The highest BCUT2D eigenvalue weighted by Crippen LogP contribution is 2.46. The van der Waals surface area contributed by atoms with E-state index in [4.69, 9.17) is 4.52 Å². The molecule has 1 amide bonds. The third-order valence-corrected chi connectivity index (χ3v) is 6.80. The van der Waals surface area contributed by atoms with Gasteiger partial charge in [-0.2, -0.15) is 4.98 Å². The molecule has 8 nitrogen and oxygen atoms in total. The third kappa shape index (κ3) is 3.46. The van der Waals surface area contributed by atoms with Gasteiger partial charge in [-0.25, -0.2) is 0 Å². The van der Waals surface area contributed by atoms with E-state index in [2.05, 4.69) is 10.1 Å². The molecule has 0 atom stereocenters.